The van der Waals surface area contributed by atoms with Crippen molar-refractivity contribution < 1.29 is 9.59 Å². The lowest BCUT2D eigenvalue weighted by Crippen LogP contribution is -2.39. The van der Waals surface area contributed by atoms with E-state index in [4.69, 9.17) is 0 Å². The Labute approximate surface area is 152 Å². The third-order valence-electron chi connectivity index (χ3n) is 4.14. The van der Waals surface area contributed by atoms with E-state index >= 15 is 0 Å². The Balaban J connectivity index is 2.36. The van der Waals surface area contributed by atoms with Crippen LogP contribution in [0.1, 0.15) is 56.0 Å². The second kappa shape index (κ2) is 10.9. The molecule has 0 unspecified atom stereocenters. The normalized spacial score (nSPS) is 12.3. The van der Waals surface area contributed by atoms with Crippen molar-refractivity contribution in [3.63, 3.8) is 0 Å². The van der Waals surface area contributed by atoms with Gasteiger partial charge in [0.05, 0.1) is 6.54 Å². The first kappa shape index (κ1) is 21.2. The number of nitrogens with zero attached hydrogens (tertiary/aromatic N) is 1. The number of rotatable bonds is 10. The molecule has 5 heteroatoms. The van der Waals surface area contributed by atoms with Gasteiger partial charge in [-0.25, -0.2) is 0 Å². The van der Waals surface area contributed by atoms with Crippen molar-refractivity contribution in [2.24, 2.45) is 5.92 Å². The van der Waals surface area contributed by atoms with Gasteiger partial charge < -0.3 is 10.6 Å². The Hall–Kier alpha value is -1.88. The number of hydrogen-bond acceptors (Lipinski definition) is 3. The van der Waals surface area contributed by atoms with E-state index < -0.39 is 0 Å². The molecule has 2 N–H and O–H groups in total. The van der Waals surface area contributed by atoms with Gasteiger partial charge in [-0.3, -0.25) is 14.5 Å². The first-order valence-electron chi connectivity index (χ1n) is 9.10. The quantitative estimate of drug-likeness (QED) is 0.684. The Morgan fingerprint density at radius 1 is 1.08 bits per heavy atom. The molecule has 0 radical (unpaired) electrons. The number of carbonyl (C=O) groups excluding carboxylic acids is 2. The number of hydrogen-bond donors (Lipinski definition) is 2. The lowest BCUT2D eigenvalue weighted by atomic mass is 10.0. The summed E-state index contributed by atoms with van der Waals surface area (Å²) in [6, 6.07) is 7.67. The lowest BCUT2D eigenvalue weighted by Gasteiger charge is -2.19. The molecular weight excluding hydrogens is 314 g/mol. The molecule has 1 aromatic rings. The summed E-state index contributed by atoms with van der Waals surface area (Å²) in [6.45, 7) is 7.55. The second-order valence-electron chi connectivity index (χ2n) is 7.24. The second-order valence-corrected chi connectivity index (χ2v) is 7.24. The maximum atomic E-state index is 12.1. The van der Waals surface area contributed by atoms with Crippen LogP contribution in [-0.2, 0) is 11.3 Å². The minimum Gasteiger partial charge on any atom is -0.355 e. The summed E-state index contributed by atoms with van der Waals surface area (Å²) >= 11 is 0. The van der Waals surface area contributed by atoms with Gasteiger partial charge in [0.1, 0.15) is 0 Å². The summed E-state index contributed by atoms with van der Waals surface area (Å²) in [5, 5.41) is 5.67. The SMILES string of the molecule is CNC(=O)c1ccc(CN(C)CC(=O)N[C@@H](C)CCCC(C)C)cc1. The van der Waals surface area contributed by atoms with Crippen molar-refractivity contribution in [1.29, 1.82) is 0 Å². The third kappa shape index (κ3) is 8.68. The predicted molar refractivity (Wildman–Crippen MR) is 102 cm³/mol. The number of nitrogens with one attached hydrogen (secondary N) is 2. The highest BCUT2D eigenvalue weighted by Gasteiger charge is 2.11. The lowest BCUT2D eigenvalue weighted by molar-refractivity contribution is -0.122. The van der Waals surface area contributed by atoms with E-state index in [2.05, 4.69) is 31.4 Å². The van der Waals surface area contributed by atoms with Crippen LogP contribution in [0.25, 0.3) is 0 Å². The van der Waals surface area contributed by atoms with Gasteiger partial charge in [0.25, 0.3) is 5.91 Å². The molecule has 0 aliphatic carbocycles. The molecule has 1 rings (SSSR count). The van der Waals surface area contributed by atoms with Gasteiger partial charge in [0.15, 0.2) is 0 Å². The minimum atomic E-state index is -0.0919. The average Bonchev–Trinajstić information content (AvgIpc) is 2.54. The van der Waals surface area contributed by atoms with Gasteiger partial charge in [-0.05, 0) is 44.0 Å². The zero-order chi connectivity index (χ0) is 18.8. The van der Waals surface area contributed by atoms with Crippen molar-refractivity contribution in [2.75, 3.05) is 20.6 Å². The fourth-order valence-electron chi connectivity index (χ4n) is 2.74. The first-order chi connectivity index (χ1) is 11.8. The van der Waals surface area contributed by atoms with Crippen LogP contribution in [0.4, 0.5) is 0 Å². The van der Waals surface area contributed by atoms with Crippen LogP contribution < -0.4 is 10.6 Å². The van der Waals surface area contributed by atoms with Crippen molar-refractivity contribution in [2.45, 2.75) is 52.6 Å². The van der Waals surface area contributed by atoms with Gasteiger partial charge in [-0.1, -0.05) is 38.8 Å². The minimum absolute atomic E-state index is 0.0570. The maximum absolute atomic E-state index is 12.1. The Kier molecular flexibility index (Phi) is 9.21. The van der Waals surface area contributed by atoms with E-state index in [9.17, 15) is 9.59 Å². The summed E-state index contributed by atoms with van der Waals surface area (Å²) in [7, 11) is 3.54. The molecule has 0 heterocycles. The highest BCUT2D eigenvalue weighted by atomic mass is 16.2. The van der Waals surface area contributed by atoms with Crippen molar-refractivity contribution in [3.05, 3.63) is 35.4 Å². The Morgan fingerprint density at radius 2 is 1.72 bits per heavy atom. The van der Waals surface area contributed by atoms with Crippen LogP contribution in [0.5, 0.6) is 0 Å². The van der Waals surface area contributed by atoms with Crippen LogP contribution in [0.3, 0.4) is 0 Å². The van der Waals surface area contributed by atoms with E-state index in [1.54, 1.807) is 19.2 Å². The molecule has 2 amide bonds. The Bertz CT molecular complexity index is 540. The first-order valence-corrected chi connectivity index (χ1v) is 9.10. The van der Waals surface area contributed by atoms with Crippen molar-refractivity contribution in [3.8, 4) is 0 Å². The number of benzene rings is 1. The van der Waals surface area contributed by atoms with Crippen LogP contribution in [0, 0.1) is 5.92 Å². The van der Waals surface area contributed by atoms with Crippen molar-refractivity contribution in [1.82, 2.24) is 15.5 Å². The van der Waals surface area contributed by atoms with Gasteiger partial charge in [-0.2, -0.15) is 0 Å². The molecule has 140 valence electrons. The summed E-state index contributed by atoms with van der Waals surface area (Å²) in [4.78, 5) is 25.6. The zero-order valence-electron chi connectivity index (χ0n) is 16.3. The third-order valence-corrected chi connectivity index (χ3v) is 4.14. The largest absolute Gasteiger partial charge is 0.355 e. The fraction of sp³-hybridized carbons (Fsp3) is 0.600. The average molecular weight is 348 g/mol. The molecule has 0 aromatic heterocycles. The molecule has 5 nitrogen and oxygen atoms in total. The number of likely N-dealkylation sites (N-methyl/N-ethyl adjacent to an activating group) is 1. The number of carbonyl (C=O) groups is 2. The highest BCUT2D eigenvalue weighted by Crippen LogP contribution is 2.09. The Morgan fingerprint density at radius 3 is 2.28 bits per heavy atom. The van der Waals surface area contributed by atoms with E-state index in [0.29, 0.717) is 24.6 Å². The molecule has 25 heavy (non-hydrogen) atoms. The predicted octanol–water partition coefficient (Wildman–Crippen LogP) is 2.81. The van der Waals surface area contributed by atoms with Gasteiger partial charge in [0, 0.05) is 25.2 Å². The monoisotopic (exact) mass is 347 g/mol. The summed E-state index contributed by atoms with van der Waals surface area (Å²) in [5.74, 6) is 0.677. The summed E-state index contributed by atoms with van der Waals surface area (Å²) < 4.78 is 0. The summed E-state index contributed by atoms with van der Waals surface area (Å²) in [6.07, 6.45) is 3.37. The fourth-order valence-corrected chi connectivity index (χ4v) is 2.74. The van der Waals surface area contributed by atoms with Crippen LogP contribution >= 0.6 is 0 Å². The highest BCUT2D eigenvalue weighted by molar-refractivity contribution is 5.93. The molecule has 0 fully saturated rings. The standard InChI is InChI=1S/C20H33N3O2/c1-15(2)7-6-8-16(3)22-19(24)14-23(5)13-17-9-11-18(12-10-17)20(25)21-4/h9-12,15-16H,6-8,13-14H2,1-5H3,(H,21,25)(H,22,24)/t16-/m0/s1. The van der Waals surface area contributed by atoms with Gasteiger partial charge in [-0.15, -0.1) is 0 Å². The van der Waals surface area contributed by atoms with E-state index in [1.165, 1.54) is 6.42 Å². The molecule has 0 aliphatic rings. The van der Waals surface area contributed by atoms with Gasteiger partial charge in [0.2, 0.25) is 5.91 Å². The molecule has 1 aromatic carbocycles. The molecule has 0 saturated carbocycles. The van der Waals surface area contributed by atoms with Gasteiger partial charge >= 0.3 is 0 Å². The van der Waals surface area contributed by atoms with E-state index in [-0.39, 0.29) is 17.9 Å². The van der Waals surface area contributed by atoms with Crippen LogP contribution in [-0.4, -0.2) is 43.4 Å². The van der Waals surface area contributed by atoms with Crippen LogP contribution in [0.15, 0.2) is 24.3 Å². The maximum Gasteiger partial charge on any atom is 0.251 e. The number of amides is 2. The zero-order valence-corrected chi connectivity index (χ0v) is 16.3. The smallest absolute Gasteiger partial charge is 0.251 e. The van der Waals surface area contributed by atoms with E-state index in [0.717, 1.165) is 18.4 Å². The molecule has 0 spiro atoms. The van der Waals surface area contributed by atoms with Crippen molar-refractivity contribution >= 4 is 11.8 Å². The van der Waals surface area contributed by atoms with E-state index in [1.807, 2.05) is 24.1 Å². The molecule has 0 bridgehead atoms. The molecule has 1 atom stereocenters. The topological polar surface area (TPSA) is 61.4 Å². The van der Waals surface area contributed by atoms with Crippen LogP contribution in [0.2, 0.25) is 0 Å². The molecule has 0 aliphatic heterocycles. The molecule has 0 saturated heterocycles. The summed E-state index contributed by atoms with van der Waals surface area (Å²) in [5.41, 5.74) is 1.72. The molecular formula is C20H33N3O2.